The fourth-order valence-electron chi connectivity index (χ4n) is 2.05. The molecule has 0 radical (unpaired) electrons. The van der Waals surface area contributed by atoms with E-state index >= 15 is 0 Å². The van der Waals surface area contributed by atoms with E-state index in [1.54, 1.807) is 19.1 Å². The van der Waals surface area contributed by atoms with Crippen LogP contribution >= 0.6 is 0 Å². The number of carboxylic acid groups (broad SMARTS) is 1. The summed E-state index contributed by atoms with van der Waals surface area (Å²) in [5.41, 5.74) is 0.661. The molecule has 0 fully saturated rings. The molecule has 1 aromatic carbocycles. The van der Waals surface area contributed by atoms with Gasteiger partial charge in [0.05, 0.1) is 5.92 Å². The van der Waals surface area contributed by atoms with Crippen LogP contribution in [0.15, 0.2) is 24.3 Å². The van der Waals surface area contributed by atoms with Crippen molar-refractivity contribution in [2.24, 2.45) is 0 Å². The Balaban J connectivity index is 2.20. The van der Waals surface area contributed by atoms with Gasteiger partial charge < -0.3 is 10.4 Å². The molecule has 1 amide bonds. The minimum atomic E-state index is -0.771. The van der Waals surface area contributed by atoms with Gasteiger partial charge in [0, 0.05) is 13.0 Å². The Labute approximate surface area is 124 Å². The second-order valence-corrected chi connectivity index (χ2v) is 5.13. The Kier molecular flexibility index (Phi) is 7.43. The number of halogens is 1. The quantitative estimate of drug-likeness (QED) is 0.688. The van der Waals surface area contributed by atoms with Gasteiger partial charge in [-0.15, -0.1) is 0 Å². The fourth-order valence-corrected chi connectivity index (χ4v) is 2.05. The van der Waals surface area contributed by atoms with Gasteiger partial charge in [-0.2, -0.15) is 0 Å². The normalized spacial score (nSPS) is 11.9. The predicted octanol–water partition coefficient (Wildman–Crippen LogP) is 3.08. The number of nitrogens with one attached hydrogen (secondary N) is 1. The van der Waals surface area contributed by atoms with Gasteiger partial charge in [-0.1, -0.05) is 25.0 Å². The molecule has 1 aromatic rings. The summed E-state index contributed by atoms with van der Waals surface area (Å²) in [4.78, 5) is 22.2. The average Bonchev–Trinajstić information content (AvgIpc) is 2.45. The van der Waals surface area contributed by atoms with Crippen molar-refractivity contribution in [3.8, 4) is 0 Å². The molecule has 0 aliphatic carbocycles. The molecule has 4 nitrogen and oxygen atoms in total. The van der Waals surface area contributed by atoms with Crippen LogP contribution < -0.4 is 5.32 Å². The number of rotatable bonds is 9. The minimum absolute atomic E-state index is 0.119. The van der Waals surface area contributed by atoms with E-state index in [1.165, 1.54) is 12.1 Å². The van der Waals surface area contributed by atoms with E-state index in [0.29, 0.717) is 18.5 Å². The van der Waals surface area contributed by atoms with Crippen molar-refractivity contribution in [2.75, 3.05) is 6.54 Å². The van der Waals surface area contributed by atoms with Crippen LogP contribution in [0.3, 0.4) is 0 Å². The van der Waals surface area contributed by atoms with E-state index in [-0.39, 0.29) is 24.1 Å². The molecule has 0 aromatic heterocycles. The highest BCUT2D eigenvalue weighted by atomic mass is 19.1. The van der Waals surface area contributed by atoms with Crippen LogP contribution in [0.1, 0.15) is 50.5 Å². The molecule has 0 aliphatic heterocycles. The summed E-state index contributed by atoms with van der Waals surface area (Å²) in [6.45, 7) is 2.31. The van der Waals surface area contributed by atoms with Crippen LogP contribution in [0.25, 0.3) is 0 Å². The highest BCUT2D eigenvalue weighted by molar-refractivity contribution is 5.83. The smallest absolute Gasteiger partial charge is 0.303 e. The molecule has 0 spiro atoms. The molecule has 0 heterocycles. The second-order valence-electron chi connectivity index (χ2n) is 5.13. The molecule has 1 unspecified atom stereocenters. The fraction of sp³-hybridized carbons (Fsp3) is 0.500. The molecule has 1 atom stereocenters. The number of amides is 1. The summed E-state index contributed by atoms with van der Waals surface area (Å²) in [5, 5.41) is 11.3. The van der Waals surface area contributed by atoms with Crippen molar-refractivity contribution < 1.29 is 19.1 Å². The first-order chi connectivity index (χ1) is 10.0. The van der Waals surface area contributed by atoms with Crippen LogP contribution in [0.4, 0.5) is 4.39 Å². The maximum absolute atomic E-state index is 13.1. The van der Waals surface area contributed by atoms with Gasteiger partial charge in [0.1, 0.15) is 5.82 Å². The highest BCUT2D eigenvalue weighted by Crippen LogP contribution is 2.16. The van der Waals surface area contributed by atoms with E-state index < -0.39 is 5.97 Å². The maximum atomic E-state index is 13.1. The van der Waals surface area contributed by atoms with Crippen molar-refractivity contribution in [3.63, 3.8) is 0 Å². The number of unbranched alkanes of at least 4 members (excludes halogenated alkanes) is 3. The summed E-state index contributed by atoms with van der Waals surface area (Å²) in [6.07, 6.45) is 3.43. The van der Waals surface area contributed by atoms with Gasteiger partial charge in [0.25, 0.3) is 0 Å². The largest absolute Gasteiger partial charge is 0.481 e. The molecule has 116 valence electrons. The van der Waals surface area contributed by atoms with Crippen molar-refractivity contribution in [3.05, 3.63) is 35.6 Å². The van der Waals surface area contributed by atoms with E-state index in [2.05, 4.69) is 5.32 Å². The van der Waals surface area contributed by atoms with Crippen LogP contribution in [-0.2, 0) is 9.59 Å². The Morgan fingerprint density at radius 3 is 2.62 bits per heavy atom. The first-order valence-corrected chi connectivity index (χ1v) is 7.25. The first-order valence-electron chi connectivity index (χ1n) is 7.25. The van der Waals surface area contributed by atoms with Gasteiger partial charge >= 0.3 is 5.97 Å². The standard InChI is InChI=1S/C16H22FNO3/c1-12(13-7-6-8-14(17)11-13)16(21)18-10-5-3-2-4-9-15(19)20/h6-8,11-12H,2-5,9-10H2,1H3,(H,18,21)(H,19,20). The van der Waals surface area contributed by atoms with Gasteiger partial charge in [-0.05, 0) is 37.5 Å². The molecule has 5 heteroatoms. The summed E-state index contributed by atoms with van der Waals surface area (Å²) in [5.74, 6) is -1.61. The van der Waals surface area contributed by atoms with Crippen LogP contribution in [0.2, 0.25) is 0 Å². The van der Waals surface area contributed by atoms with Crippen molar-refractivity contribution in [2.45, 2.75) is 44.9 Å². The zero-order chi connectivity index (χ0) is 15.7. The number of carbonyl (C=O) groups excluding carboxylic acids is 1. The summed E-state index contributed by atoms with van der Waals surface area (Å²) >= 11 is 0. The summed E-state index contributed by atoms with van der Waals surface area (Å²) in [7, 11) is 0. The average molecular weight is 295 g/mol. The third-order valence-corrected chi connectivity index (χ3v) is 3.36. The maximum Gasteiger partial charge on any atom is 0.303 e. The van der Waals surface area contributed by atoms with E-state index in [9.17, 15) is 14.0 Å². The number of benzene rings is 1. The molecule has 1 rings (SSSR count). The summed E-state index contributed by atoms with van der Waals surface area (Å²) < 4.78 is 13.1. The lowest BCUT2D eigenvalue weighted by atomic mass is 10.0. The van der Waals surface area contributed by atoms with Gasteiger partial charge in [0.15, 0.2) is 0 Å². The Morgan fingerprint density at radius 2 is 1.95 bits per heavy atom. The molecule has 0 saturated heterocycles. The predicted molar refractivity (Wildman–Crippen MR) is 78.5 cm³/mol. The number of carbonyl (C=O) groups is 2. The lowest BCUT2D eigenvalue weighted by Crippen LogP contribution is -2.28. The number of hydrogen-bond acceptors (Lipinski definition) is 2. The van der Waals surface area contributed by atoms with Crippen molar-refractivity contribution in [1.82, 2.24) is 5.32 Å². The van der Waals surface area contributed by atoms with E-state index in [0.717, 1.165) is 19.3 Å². The van der Waals surface area contributed by atoms with E-state index in [4.69, 9.17) is 5.11 Å². The van der Waals surface area contributed by atoms with Crippen molar-refractivity contribution >= 4 is 11.9 Å². The second kappa shape index (κ2) is 9.10. The molecule has 21 heavy (non-hydrogen) atoms. The lowest BCUT2D eigenvalue weighted by molar-refractivity contribution is -0.137. The van der Waals surface area contributed by atoms with Crippen LogP contribution in [0.5, 0.6) is 0 Å². The number of carboxylic acids is 1. The third kappa shape index (κ3) is 6.88. The van der Waals surface area contributed by atoms with Crippen molar-refractivity contribution in [1.29, 1.82) is 0 Å². The third-order valence-electron chi connectivity index (χ3n) is 3.36. The summed E-state index contributed by atoms with van der Waals surface area (Å²) in [6, 6.07) is 6.05. The zero-order valence-electron chi connectivity index (χ0n) is 12.3. The Morgan fingerprint density at radius 1 is 1.24 bits per heavy atom. The first kappa shape index (κ1) is 17.1. The zero-order valence-corrected chi connectivity index (χ0v) is 12.3. The molecular weight excluding hydrogens is 273 g/mol. The Hall–Kier alpha value is -1.91. The molecular formula is C16H22FNO3. The molecule has 0 bridgehead atoms. The minimum Gasteiger partial charge on any atom is -0.481 e. The molecule has 0 aliphatic rings. The monoisotopic (exact) mass is 295 g/mol. The van der Waals surface area contributed by atoms with Gasteiger partial charge in [-0.3, -0.25) is 9.59 Å². The number of hydrogen-bond donors (Lipinski definition) is 2. The highest BCUT2D eigenvalue weighted by Gasteiger charge is 2.14. The molecule has 2 N–H and O–H groups in total. The van der Waals surface area contributed by atoms with Gasteiger partial charge in [-0.25, -0.2) is 4.39 Å². The SMILES string of the molecule is CC(C(=O)NCCCCCCC(=O)O)c1cccc(F)c1. The lowest BCUT2D eigenvalue weighted by Gasteiger charge is -2.12. The van der Waals surface area contributed by atoms with E-state index in [1.807, 2.05) is 0 Å². The number of aliphatic carboxylic acids is 1. The Bertz CT molecular complexity index is 476. The van der Waals surface area contributed by atoms with Crippen LogP contribution in [-0.4, -0.2) is 23.5 Å². The van der Waals surface area contributed by atoms with Crippen LogP contribution in [0, 0.1) is 5.82 Å². The van der Waals surface area contributed by atoms with Gasteiger partial charge in [0.2, 0.25) is 5.91 Å². The molecule has 0 saturated carbocycles. The topological polar surface area (TPSA) is 66.4 Å².